The number of nitrogens with zero attached hydrogens (tertiary/aromatic N) is 1. The summed E-state index contributed by atoms with van der Waals surface area (Å²) in [6, 6.07) is 5.92. The Labute approximate surface area is 109 Å². The van der Waals surface area contributed by atoms with Gasteiger partial charge >= 0.3 is 5.97 Å². The fourth-order valence-electron chi connectivity index (χ4n) is 1.64. The average molecular weight is 262 g/mol. The number of benzene rings is 1. The molecule has 1 aromatic heterocycles. The second-order valence-corrected chi connectivity index (χ2v) is 4.69. The van der Waals surface area contributed by atoms with E-state index in [1.165, 1.54) is 0 Å². The molecule has 0 saturated heterocycles. The number of aliphatic carboxylic acids is 1. The van der Waals surface area contributed by atoms with Crippen molar-refractivity contribution in [2.45, 2.75) is 13.3 Å². The number of rotatable bonds is 5. The monoisotopic (exact) mass is 262 g/mol. The highest BCUT2D eigenvalue weighted by Crippen LogP contribution is 2.21. The first-order valence-electron chi connectivity index (χ1n) is 5.70. The molecule has 5 heteroatoms. The molecule has 0 saturated carbocycles. The van der Waals surface area contributed by atoms with Gasteiger partial charge in [0.25, 0.3) is 0 Å². The third-order valence-corrected chi connectivity index (χ3v) is 3.43. The number of carboxylic acid groups (broad SMARTS) is 1. The van der Waals surface area contributed by atoms with Crippen molar-refractivity contribution >= 4 is 33.2 Å². The van der Waals surface area contributed by atoms with Crippen molar-refractivity contribution in [2.75, 3.05) is 11.9 Å². The summed E-state index contributed by atoms with van der Waals surface area (Å²) < 4.78 is 1.12. The Morgan fingerprint density at radius 2 is 2.39 bits per heavy atom. The molecule has 18 heavy (non-hydrogen) atoms. The Hall–Kier alpha value is -1.88. The van der Waals surface area contributed by atoms with E-state index in [4.69, 9.17) is 5.11 Å². The van der Waals surface area contributed by atoms with E-state index in [9.17, 15) is 4.79 Å². The number of carbonyl (C=O) groups is 1. The van der Waals surface area contributed by atoms with Gasteiger partial charge in [-0.1, -0.05) is 13.0 Å². The predicted molar refractivity (Wildman–Crippen MR) is 74.1 cm³/mol. The maximum atomic E-state index is 10.8. The lowest BCUT2D eigenvalue weighted by Crippen LogP contribution is -2.04. The zero-order valence-corrected chi connectivity index (χ0v) is 10.8. The maximum Gasteiger partial charge on any atom is 0.331 e. The quantitative estimate of drug-likeness (QED) is 0.813. The van der Waals surface area contributed by atoms with Gasteiger partial charge in [0.15, 0.2) is 0 Å². The van der Waals surface area contributed by atoms with Crippen molar-refractivity contribution in [3.05, 3.63) is 35.4 Å². The van der Waals surface area contributed by atoms with Gasteiger partial charge in [-0.05, 0) is 24.6 Å². The highest BCUT2D eigenvalue weighted by atomic mass is 32.1. The number of aromatic nitrogens is 1. The standard InChI is InChI=1S/C13H14N2O2S/c1-2-9(13(16)17)5-6-14-10-3-4-11-12(7-10)18-8-15-11/h3-5,7-8,14H,2,6H2,1H3,(H,16,17)/b9-5-. The number of anilines is 1. The molecule has 0 radical (unpaired) electrons. The second kappa shape index (κ2) is 5.64. The molecule has 94 valence electrons. The van der Waals surface area contributed by atoms with Crippen LogP contribution in [0.1, 0.15) is 13.3 Å². The summed E-state index contributed by atoms with van der Waals surface area (Å²) in [6.07, 6.45) is 2.24. The Morgan fingerprint density at radius 3 is 3.11 bits per heavy atom. The Kier molecular flexibility index (Phi) is 3.94. The minimum atomic E-state index is -0.850. The third kappa shape index (κ3) is 2.87. The van der Waals surface area contributed by atoms with Crippen LogP contribution in [0, 0.1) is 0 Å². The molecule has 0 atom stereocenters. The molecule has 4 nitrogen and oxygen atoms in total. The topological polar surface area (TPSA) is 62.2 Å². The smallest absolute Gasteiger partial charge is 0.331 e. The predicted octanol–water partition coefficient (Wildman–Crippen LogP) is 3.13. The zero-order chi connectivity index (χ0) is 13.0. The van der Waals surface area contributed by atoms with Crippen LogP contribution in [0.5, 0.6) is 0 Å². The van der Waals surface area contributed by atoms with Crippen LogP contribution in [0.15, 0.2) is 35.4 Å². The highest BCUT2D eigenvalue weighted by Gasteiger charge is 2.03. The van der Waals surface area contributed by atoms with E-state index in [2.05, 4.69) is 10.3 Å². The van der Waals surface area contributed by atoms with Gasteiger partial charge < -0.3 is 10.4 Å². The van der Waals surface area contributed by atoms with Crippen molar-refractivity contribution in [1.82, 2.24) is 4.98 Å². The van der Waals surface area contributed by atoms with E-state index < -0.39 is 5.97 Å². The Bertz CT molecular complexity index is 589. The van der Waals surface area contributed by atoms with Crippen molar-refractivity contribution in [2.24, 2.45) is 0 Å². The summed E-state index contributed by atoms with van der Waals surface area (Å²) >= 11 is 1.59. The molecule has 0 fully saturated rings. The van der Waals surface area contributed by atoms with E-state index in [1.54, 1.807) is 17.4 Å². The summed E-state index contributed by atoms with van der Waals surface area (Å²) in [5, 5.41) is 12.1. The van der Waals surface area contributed by atoms with Gasteiger partial charge in [0.05, 0.1) is 15.7 Å². The van der Waals surface area contributed by atoms with E-state index in [-0.39, 0.29) is 0 Å². The average Bonchev–Trinajstić information content (AvgIpc) is 2.81. The van der Waals surface area contributed by atoms with Gasteiger partial charge in [0.2, 0.25) is 0 Å². The van der Waals surface area contributed by atoms with E-state index in [0.717, 1.165) is 15.9 Å². The summed E-state index contributed by atoms with van der Waals surface area (Å²) in [7, 11) is 0. The first kappa shape index (κ1) is 12.6. The molecule has 0 unspecified atom stereocenters. The molecule has 2 rings (SSSR count). The molecular formula is C13H14N2O2S. The van der Waals surface area contributed by atoms with Gasteiger partial charge in [-0.2, -0.15) is 0 Å². The molecule has 0 aliphatic carbocycles. The number of carboxylic acids is 1. The van der Waals surface area contributed by atoms with Gasteiger partial charge in [0, 0.05) is 17.8 Å². The Balaban J connectivity index is 2.03. The van der Waals surface area contributed by atoms with Crippen LogP contribution < -0.4 is 5.32 Å². The molecular weight excluding hydrogens is 248 g/mol. The van der Waals surface area contributed by atoms with Crippen LogP contribution in [0.2, 0.25) is 0 Å². The number of nitrogens with one attached hydrogen (secondary N) is 1. The lowest BCUT2D eigenvalue weighted by atomic mass is 10.2. The van der Waals surface area contributed by atoms with Crippen molar-refractivity contribution in [1.29, 1.82) is 0 Å². The van der Waals surface area contributed by atoms with Gasteiger partial charge in [-0.25, -0.2) is 9.78 Å². The lowest BCUT2D eigenvalue weighted by Gasteiger charge is -2.04. The third-order valence-electron chi connectivity index (χ3n) is 2.64. The van der Waals surface area contributed by atoms with Crippen LogP contribution in [0.3, 0.4) is 0 Å². The van der Waals surface area contributed by atoms with Crippen LogP contribution in [0.25, 0.3) is 10.2 Å². The highest BCUT2D eigenvalue weighted by molar-refractivity contribution is 7.16. The van der Waals surface area contributed by atoms with E-state index >= 15 is 0 Å². The van der Waals surface area contributed by atoms with Crippen molar-refractivity contribution < 1.29 is 9.90 Å². The molecule has 2 N–H and O–H groups in total. The first-order chi connectivity index (χ1) is 8.70. The first-order valence-corrected chi connectivity index (χ1v) is 6.58. The van der Waals surface area contributed by atoms with Gasteiger partial charge in [-0.15, -0.1) is 11.3 Å². The summed E-state index contributed by atoms with van der Waals surface area (Å²) in [6.45, 7) is 2.35. The fraction of sp³-hybridized carbons (Fsp3) is 0.231. The molecule has 0 bridgehead atoms. The van der Waals surface area contributed by atoms with Crippen LogP contribution in [-0.2, 0) is 4.79 Å². The Morgan fingerprint density at radius 1 is 1.56 bits per heavy atom. The minimum Gasteiger partial charge on any atom is -0.478 e. The number of hydrogen-bond donors (Lipinski definition) is 2. The van der Waals surface area contributed by atoms with Crippen LogP contribution in [0.4, 0.5) is 5.69 Å². The molecule has 0 spiro atoms. The number of fused-ring (bicyclic) bond motifs is 1. The second-order valence-electron chi connectivity index (χ2n) is 3.80. The SMILES string of the molecule is CC/C(=C/CNc1ccc2ncsc2c1)C(=O)O. The molecule has 0 aliphatic rings. The van der Waals surface area contributed by atoms with Gasteiger partial charge in [-0.3, -0.25) is 0 Å². The maximum absolute atomic E-state index is 10.8. The lowest BCUT2D eigenvalue weighted by molar-refractivity contribution is -0.132. The molecule has 1 heterocycles. The fourth-order valence-corrected chi connectivity index (χ4v) is 2.36. The van der Waals surface area contributed by atoms with E-state index in [0.29, 0.717) is 18.5 Å². The normalized spacial score (nSPS) is 11.7. The van der Waals surface area contributed by atoms with E-state index in [1.807, 2.05) is 30.6 Å². The minimum absolute atomic E-state index is 0.432. The van der Waals surface area contributed by atoms with Crippen LogP contribution >= 0.6 is 11.3 Å². The summed E-state index contributed by atoms with van der Waals surface area (Å²) in [5.41, 5.74) is 4.21. The van der Waals surface area contributed by atoms with Crippen molar-refractivity contribution in [3.63, 3.8) is 0 Å². The van der Waals surface area contributed by atoms with Crippen molar-refractivity contribution in [3.8, 4) is 0 Å². The summed E-state index contributed by atoms with van der Waals surface area (Å²) in [4.78, 5) is 15.0. The molecule has 0 amide bonds. The zero-order valence-electron chi connectivity index (χ0n) is 10.0. The summed E-state index contributed by atoms with van der Waals surface area (Å²) in [5.74, 6) is -0.850. The van der Waals surface area contributed by atoms with Crippen LogP contribution in [-0.4, -0.2) is 22.6 Å². The molecule has 0 aliphatic heterocycles. The van der Waals surface area contributed by atoms with Gasteiger partial charge in [0.1, 0.15) is 0 Å². The molecule has 2 aromatic rings. The number of thiazole rings is 1. The molecule has 1 aromatic carbocycles. The number of hydrogen-bond acceptors (Lipinski definition) is 4. The largest absolute Gasteiger partial charge is 0.478 e.